The van der Waals surface area contributed by atoms with Crippen molar-refractivity contribution in [3.05, 3.63) is 21.3 Å². The molecule has 1 fully saturated rings. The predicted molar refractivity (Wildman–Crippen MR) is 128 cm³/mol. The molecule has 1 aromatic heterocycles. The Morgan fingerprint density at radius 3 is 2.56 bits per heavy atom. The Morgan fingerprint density at radius 1 is 1.26 bits per heavy atom. The minimum Gasteiger partial charge on any atom is -0.396 e. The summed E-state index contributed by atoms with van der Waals surface area (Å²) < 4.78 is 0.865. The first-order chi connectivity index (χ1) is 12.7. The molecule has 1 saturated heterocycles. The molecule has 0 spiro atoms. The fourth-order valence-corrected chi connectivity index (χ4v) is 4.46. The van der Waals surface area contributed by atoms with Gasteiger partial charge in [-0.3, -0.25) is 9.89 Å². The Bertz CT molecular complexity index is 544. The second kappa shape index (κ2) is 14.0. The molecular formula is C19H34ClIN4OS. The van der Waals surface area contributed by atoms with Gasteiger partial charge in [-0.2, -0.15) is 0 Å². The quantitative estimate of drug-likeness (QED) is 0.290. The molecule has 0 saturated carbocycles. The molecule has 27 heavy (non-hydrogen) atoms. The summed E-state index contributed by atoms with van der Waals surface area (Å²) in [6, 6.07) is 4.10. The molecule has 0 aromatic carbocycles. The second-order valence-electron chi connectivity index (χ2n) is 6.83. The zero-order valence-electron chi connectivity index (χ0n) is 16.5. The van der Waals surface area contributed by atoms with E-state index in [2.05, 4.69) is 35.0 Å². The molecule has 1 aromatic rings. The molecule has 0 radical (unpaired) electrons. The maximum atomic E-state index is 9.24. The van der Waals surface area contributed by atoms with Crippen molar-refractivity contribution in [2.24, 2.45) is 10.9 Å². The second-order valence-corrected chi connectivity index (χ2v) is 8.63. The van der Waals surface area contributed by atoms with Gasteiger partial charge in [0.15, 0.2) is 5.96 Å². The number of nitrogens with one attached hydrogen (secondary N) is 1. The molecule has 1 aliphatic rings. The number of thiophene rings is 1. The Balaban J connectivity index is 0.00000364. The molecule has 156 valence electrons. The first kappa shape index (κ1) is 24.9. The summed E-state index contributed by atoms with van der Waals surface area (Å²) in [5, 5.41) is 12.7. The Morgan fingerprint density at radius 2 is 2.00 bits per heavy atom. The van der Waals surface area contributed by atoms with Crippen LogP contribution in [0.5, 0.6) is 0 Å². The van der Waals surface area contributed by atoms with Crippen molar-refractivity contribution in [2.75, 3.05) is 45.9 Å². The zero-order valence-corrected chi connectivity index (χ0v) is 20.4. The van der Waals surface area contributed by atoms with Crippen LogP contribution in [0.3, 0.4) is 0 Å². The lowest BCUT2D eigenvalue weighted by atomic mass is 10.0. The SMILES string of the molecule is CCCC(CCO)CN=C(NCC)N1CCN(Cc2ccc(Cl)s2)CC1.I. The first-order valence-corrected chi connectivity index (χ1v) is 11.0. The summed E-state index contributed by atoms with van der Waals surface area (Å²) in [6.07, 6.45) is 3.11. The lowest BCUT2D eigenvalue weighted by Crippen LogP contribution is -2.52. The van der Waals surface area contributed by atoms with Gasteiger partial charge in [-0.25, -0.2) is 0 Å². The number of guanidine groups is 1. The molecule has 2 rings (SSSR count). The highest BCUT2D eigenvalue weighted by atomic mass is 127. The van der Waals surface area contributed by atoms with Crippen LogP contribution >= 0.6 is 46.9 Å². The largest absolute Gasteiger partial charge is 0.396 e. The van der Waals surface area contributed by atoms with Crippen molar-refractivity contribution in [1.29, 1.82) is 0 Å². The van der Waals surface area contributed by atoms with Crippen LogP contribution < -0.4 is 5.32 Å². The van der Waals surface area contributed by atoms with Crippen LogP contribution in [0, 0.1) is 5.92 Å². The molecule has 8 heteroatoms. The Hall–Kier alpha value is -0.0900. The predicted octanol–water partition coefficient (Wildman–Crippen LogP) is 3.90. The van der Waals surface area contributed by atoms with E-state index < -0.39 is 0 Å². The summed E-state index contributed by atoms with van der Waals surface area (Å²) in [6.45, 7) is 11.3. The number of aliphatic hydroxyl groups is 1. The maximum absolute atomic E-state index is 9.24. The summed E-state index contributed by atoms with van der Waals surface area (Å²) in [7, 11) is 0. The minimum absolute atomic E-state index is 0. The van der Waals surface area contributed by atoms with Crippen LogP contribution in [-0.4, -0.2) is 66.7 Å². The van der Waals surface area contributed by atoms with Gasteiger partial charge in [0.25, 0.3) is 0 Å². The molecular weight excluding hydrogens is 495 g/mol. The van der Waals surface area contributed by atoms with Gasteiger partial charge in [-0.1, -0.05) is 24.9 Å². The van der Waals surface area contributed by atoms with Crippen molar-refractivity contribution in [3.63, 3.8) is 0 Å². The minimum atomic E-state index is 0. The number of aliphatic imine (C=N–C) groups is 1. The molecule has 0 aliphatic carbocycles. The number of hydrogen-bond acceptors (Lipinski definition) is 4. The van der Waals surface area contributed by atoms with Gasteiger partial charge in [0.2, 0.25) is 0 Å². The van der Waals surface area contributed by atoms with E-state index in [1.165, 1.54) is 4.88 Å². The molecule has 0 amide bonds. The van der Waals surface area contributed by atoms with Gasteiger partial charge in [0.1, 0.15) is 0 Å². The van der Waals surface area contributed by atoms with Crippen LogP contribution in [0.2, 0.25) is 4.34 Å². The van der Waals surface area contributed by atoms with Crippen molar-refractivity contribution in [3.8, 4) is 0 Å². The molecule has 2 N–H and O–H groups in total. The lowest BCUT2D eigenvalue weighted by molar-refractivity contribution is 0.173. The standard InChI is InChI=1S/C19H33ClN4OS.HI/c1-3-5-16(8-13-25)14-22-19(21-4-2)24-11-9-23(10-12-24)15-17-6-7-18(20)26-17;/h6-7,16,25H,3-5,8-15H2,1-2H3,(H,21,22);1H. The third kappa shape index (κ3) is 8.85. The fraction of sp³-hybridized carbons (Fsp3) is 0.737. The van der Waals surface area contributed by atoms with Gasteiger partial charge in [-0.15, -0.1) is 35.3 Å². The topological polar surface area (TPSA) is 51.1 Å². The van der Waals surface area contributed by atoms with Gasteiger partial charge in [0.05, 0.1) is 4.34 Å². The number of piperazine rings is 1. The first-order valence-electron chi connectivity index (χ1n) is 9.76. The molecule has 0 bridgehead atoms. The van der Waals surface area contributed by atoms with E-state index in [0.29, 0.717) is 5.92 Å². The fourth-order valence-electron chi connectivity index (χ4n) is 3.33. The van der Waals surface area contributed by atoms with E-state index in [4.69, 9.17) is 16.6 Å². The Kier molecular flexibility index (Phi) is 12.9. The number of rotatable bonds is 9. The molecule has 1 atom stereocenters. The van der Waals surface area contributed by atoms with E-state index in [9.17, 15) is 5.11 Å². The lowest BCUT2D eigenvalue weighted by Gasteiger charge is -2.36. The van der Waals surface area contributed by atoms with Gasteiger partial charge in [0, 0.05) is 57.3 Å². The normalized spacial score (nSPS) is 16.9. The van der Waals surface area contributed by atoms with Gasteiger partial charge in [-0.05, 0) is 37.8 Å². The summed E-state index contributed by atoms with van der Waals surface area (Å²) in [5.74, 6) is 1.49. The highest BCUT2D eigenvalue weighted by molar-refractivity contribution is 14.0. The summed E-state index contributed by atoms with van der Waals surface area (Å²) >= 11 is 7.71. The van der Waals surface area contributed by atoms with E-state index in [1.54, 1.807) is 11.3 Å². The average Bonchev–Trinajstić information content (AvgIpc) is 3.04. The van der Waals surface area contributed by atoms with E-state index in [1.807, 2.05) is 6.07 Å². The van der Waals surface area contributed by atoms with Gasteiger partial charge < -0.3 is 15.3 Å². The summed E-state index contributed by atoms with van der Waals surface area (Å²) in [4.78, 5) is 11.0. The van der Waals surface area contributed by atoms with Crippen LogP contribution in [0.25, 0.3) is 0 Å². The van der Waals surface area contributed by atoms with Crippen molar-refractivity contribution in [2.45, 2.75) is 39.7 Å². The monoisotopic (exact) mass is 528 g/mol. The number of aliphatic hydroxyl groups excluding tert-OH is 1. The van der Waals surface area contributed by atoms with E-state index in [-0.39, 0.29) is 30.6 Å². The highest BCUT2D eigenvalue weighted by Crippen LogP contribution is 2.23. The molecule has 5 nitrogen and oxygen atoms in total. The van der Waals surface area contributed by atoms with Crippen molar-refractivity contribution < 1.29 is 5.11 Å². The summed E-state index contributed by atoms with van der Waals surface area (Å²) in [5.41, 5.74) is 0. The number of halogens is 2. The number of hydrogen-bond donors (Lipinski definition) is 2. The smallest absolute Gasteiger partial charge is 0.194 e. The van der Waals surface area contributed by atoms with Crippen LogP contribution in [0.15, 0.2) is 17.1 Å². The molecule has 1 unspecified atom stereocenters. The molecule has 2 heterocycles. The zero-order chi connectivity index (χ0) is 18.8. The average molecular weight is 529 g/mol. The number of nitrogens with zero attached hydrogens (tertiary/aromatic N) is 3. The van der Waals surface area contributed by atoms with Gasteiger partial charge >= 0.3 is 0 Å². The van der Waals surface area contributed by atoms with Crippen LogP contribution in [0.1, 0.15) is 38.0 Å². The van der Waals surface area contributed by atoms with Crippen molar-refractivity contribution in [1.82, 2.24) is 15.1 Å². The third-order valence-electron chi connectivity index (χ3n) is 4.75. The van der Waals surface area contributed by atoms with Crippen molar-refractivity contribution >= 4 is 52.9 Å². The van der Waals surface area contributed by atoms with E-state index >= 15 is 0 Å². The van der Waals surface area contributed by atoms with E-state index in [0.717, 1.165) is 75.4 Å². The highest BCUT2D eigenvalue weighted by Gasteiger charge is 2.20. The maximum Gasteiger partial charge on any atom is 0.194 e. The van der Waals surface area contributed by atoms with Crippen LogP contribution in [0.4, 0.5) is 0 Å². The third-order valence-corrected chi connectivity index (χ3v) is 5.96. The van der Waals surface area contributed by atoms with Crippen LogP contribution in [-0.2, 0) is 6.54 Å². The molecule has 1 aliphatic heterocycles. The Labute approximate surface area is 190 Å².